The van der Waals surface area contributed by atoms with Crippen LogP contribution in [0.1, 0.15) is 19.8 Å². The Morgan fingerprint density at radius 3 is 2.29 bits per heavy atom. The fraction of sp³-hybridized carbons (Fsp3) is 0.571. The number of ketones is 1. The average Bonchev–Trinajstić information content (AvgIpc) is 2.16. The lowest BCUT2D eigenvalue weighted by molar-refractivity contribution is -0.119. The number of carbonyl (C=O) groups excluding carboxylic acids is 1. The number of oxime groups is 2. The normalized spacial score (nSPS) is 15.2. The van der Waals surface area contributed by atoms with Crippen molar-refractivity contribution in [3.8, 4) is 0 Å². The van der Waals surface area contributed by atoms with Crippen molar-refractivity contribution in [2.45, 2.75) is 19.8 Å². The van der Waals surface area contributed by atoms with Crippen molar-refractivity contribution in [2.75, 3.05) is 0 Å². The molecule has 0 aromatic heterocycles. The smallest absolute Gasteiger partial charge is 0.149 e. The minimum Gasteiger partial charge on any atom is -0.409 e. The maximum Gasteiger partial charge on any atom is 0.149 e. The van der Waals surface area contributed by atoms with Crippen LogP contribution in [0.3, 0.4) is 0 Å². The molecule has 1 atom stereocenters. The highest BCUT2D eigenvalue weighted by Crippen LogP contribution is 2.08. The molecular formula is C7H14N4O3. The molecule has 0 fully saturated rings. The summed E-state index contributed by atoms with van der Waals surface area (Å²) in [5.41, 5.74) is 10.5. The van der Waals surface area contributed by atoms with Crippen LogP contribution < -0.4 is 11.5 Å². The van der Waals surface area contributed by atoms with Gasteiger partial charge in [0.2, 0.25) is 0 Å². The van der Waals surface area contributed by atoms with E-state index >= 15 is 0 Å². The monoisotopic (exact) mass is 202 g/mol. The van der Waals surface area contributed by atoms with E-state index in [2.05, 4.69) is 10.3 Å². The van der Waals surface area contributed by atoms with Gasteiger partial charge in [0, 0.05) is 6.42 Å². The Morgan fingerprint density at radius 1 is 1.36 bits per heavy atom. The number of carbonyl (C=O) groups is 1. The second-order valence-electron chi connectivity index (χ2n) is 2.82. The highest BCUT2D eigenvalue weighted by Gasteiger charge is 2.19. The lowest BCUT2D eigenvalue weighted by Crippen LogP contribution is -2.30. The van der Waals surface area contributed by atoms with E-state index in [0.717, 1.165) is 0 Å². The maximum atomic E-state index is 11.0. The molecule has 0 spiro atoms. The highest BCUT2D eigenvalue weighted by molar-refractivity contribution is 6.02. The Labute approximate surface area is 81.1 Å². The number of amidine groups is 2. The van der Waals surface area contributed by atoms with Crippen LogP contribution in [0.2, 0.25) is 0 Å². The number of rotatable bonds is 5. The Morgan fingerprint density at radius 2 is 1.93 bits per heavy atom. The van der Waals surface area contributed by atoms with Gasteiger partial charge in [0.1, 0.15) is 17.5 Å². The molecule has 0 aliphatic carbocycles. The van der Waals surface area contributed by atoms with Crippen molar-refractivity contribution < 1.29 is 15.2 Å². The lowest BCUT2D eigenvalue weighted by Gasteiger charge is -2.10. The molecule has 0 saturated carbocycles. The van der Waals surface area contributed by atoms with Gasteiger partial charge in [-0.1, -0.05) is 10.3 Å². The molecule has 0 amide bonds. The molecular weight excluding hydrogens is 188 g/mol. The van der Waals surface area contributed by atoms with Crippen molar-refractivity contribution in [2.24, 2.45) is 27.7 Å². The minimum absolute atomic E-state index is 0.00184. The largest absolute Gasteiger partial charge is 0.409 e. The van der Waals surface area contributed by atoms with Gasteiger partial charge in [-0.05, 0) is 13.3 Å². The molecule has 0 heterocycles. The van der Waals surface area contributed by atoms with Gasteiger partial charge in [0.05, 0.1) is 5.92 Å². The molecule has 0 bridgehead atoms. The van der Waals surface area contributed by atoms with E-state index in [9.17, 15) is 4.79 Å². The third-order valence-electron chi connectivity index (χ3n) is 1.78. The molecule has 6 N–H and O–H groups in total. The molecule has 0 saturated heterocycles. The predicted octanol–water partition coefficient (Wildman–Crippen LogP) is -0.535. The van der Waals surface area contributed by atoms with E-state index in [4.69, 9.17) is 21.9 Å². The second-order valence-corrected chi connectivity index (χ2v) is 2.82. The summed E-state index contributed by atoms with van der Waals surface area (Å²) in [6.45, 7) is 1.33. The van der Waals surface area contributed by atoms with Crippen LogP contribution >= 0.6 is 0 Å². The quantitative estimate of drug-likeness (QED) is 0.205. The standard InChI is InChI=1S/C7H14N4O3/c1-4(12)5(7(9)11-14)2-3-6(8)10-13/h5,13-14H,2-3H2,1H3,(H2,8,10)(H2,9,11). The first-order chi connectivity index (χ1) is 6.52. The van der Waals surface area contributed by atoms with Crippen LogP contribution in [0.5, 0.6) is 0 Å². The van der Waals surface area contributed by atoms with Crippen LogP contribution in [-0.4, -0.2) is 27.9 Å². The van der Waals surface area contributed by atoms with E-state index in [1.165, 1.54) is 6.92 Å². The summed E-state index contributed by atoms with van der Waals surface area (Å²) in [5, 5.41) is 22.1. The summed E-state index contributed by atoms with van der Waals surface area (Å²) in [7, 11) is 0. The highest BCUT2D eigenvalue weighted by atomic mass is 16.4. The first kappa shape index (κ1) is 12.2. The van der Waals surface area contributed by atoms with Crippen LogP contribution in [0, 0.1) is 5.92 Å². The van der Waals surface area contributed by atoms with Crippen LogP contribution in [-0.2, 0) is 4.79 Å². The number of nitrogens with zero attached hydrogens (tertiary/aromatic N) is 2. The van der Waals surface area contributed by atoms with E-state index in [1.54, 1.807) is 0 Å². The lowest BCUT2D eigenvalue weighted by atomic mass is 9.98. The van der Waals surface area contributed by atoms with Gasteiger partial charge in [-0.2, -0.15) is 0 Å². The number of nitrogens with two attached hydrogens (primary N) is 2. The van der Waals surface area contributed by atoms with Gasteiger partial charge < -0.3 is 21.9 Å². The molecule has 0 aliphatic rings. The Balaban J connectivity index is 4.33. The zero-order chi connectivity index (χ0) is 11.1. The Hall–Kier alpha value is -1.79. The third kappa shape index (κ3) is 3.74. The zero-order valence-electron chi connectivity index (χ0n) is 7.84. The van der Waals surface area contributed by atoms with Crippen molar-refractivity contribution in [1.82, 2.24) is 0 Å². The van der Waals surface area contributed by atoms with E-state index < -0.39 is 5.92 Å². The summed E-state index contributed by atoms with van der Waals surface area (Å²) in [6.07, 6.45) is 0.456. The first-order valence-corrected chi connectivity index (χ1v) is 3.97. The molecule has 80 valence electrons. The van der Waals surface area contributed by atoms with Crippen LogP contribution in [0.25, 0.3) is 0 Å². The predicted molar refractivity (Wildman–Crippen MR) is 50.2 cm³/mol. The summed E-state index contributed by atoms with van der Waals surface area (Å²) in [4.78, 5) is 11.0. The molecule has 0 aromatic rings. The molecule has 7 heteroatoms. The minimum atomic E-state index is -0.694. The third-order valence-corrected chi connectivity index (χ3v) is 1.78. The summed E-state index contributed by atoms with van der Waals surface area (Å²) in [6, 6.07) is 0. The van der Waals surface area contributed by atoms with Gasteiger partial charge >= 0.3 is 0 Å². The van der Waals surface area contributed by atoms with Gasteiger partial charge in [-0.15, -0.1) is 0 Å². The molecule has 1 unspecified atom stereocenters. The maximum absolute atomic E-state index is 11.0. The van der Waals surface area contributed by atoms with Gasteiger partial charge in [-0.25, -0.2) is 0 Å². The molecule has 7 nitrogen and oxygen atoms in total. The topological polar surface area (TPSA) is 134 Å². The van der Waals surface area contributed by atoms with E-state index in [-0.39, 0.29) is 30.3 Å². The Kier molecular flexibility index (Phi) is 5.05. The zero-order valence-corrected chi connectivity index (χ0v) is 7.84. The van der Waals surface area contributed by atoms with Crippen LogP contribution in [0.4, 0.5) is 0 Å². The molecule has 0 rings (SSSR count). The summed E-state index contributed by atoms with van der Waals surface area (Å²) < 4.78 is 0. The SMILES string of the molecule is CC(=O)C(CC/C(N)=N\O)/C(N)=N/O. The fourth-order valence-corrected chi connectivity index (χ4v) is 0.971. The molecule has 0 radical (unpaired) electrons. The van der Waals surface area contributed by atoms with Crippen molar-refractivity contribution in [3.05, 3.63) is 0 Å². The van der Waals surface area contributed by atoms with Gasteiger partial charge in [0.25, 0.3) is 0 Å². The molecule has 14 heavy (non-hydrogen) atoms. The van der Waals surface area contributed by atoms with E-state index in [0.29, 0.717) is 0 Å². The molecule has 0 aromatic carbocycles. The Bertz CT molecular complexity index is 262. The number of hydrogen-bond donors (Lipinski definition) is 4. The van der Waals surface area contributed by atoms with Gasteiger partial charge in [-0.3, -0.25) is 4.79 Å². The summed E-state index contributed by atoms with van der Waals surface area (Å²) >= 11 is 0. The summed E-state index contributed by atoms with van der Waals surface area (Å²) in [5.74, 6) is -1.09. The van der Waals surface area contributed by atoms with Gasteiger partial charge in [0.15, 0.2) is 0 Å². The fourth-order valence-electron chi connectivity index (χ4n) is 0.971. The van der Waals surface area contributed by atoms with E-state index in [1.807, 2.05) is 0 Å². The second kappa shape index (κ2) is 5.79. The van der Waals surface area contributed by atoms with Crippen molar-refractivity contribution in [1.29, 1.82) is 0 Å². The first-order valence-electron chi connectivity index (χ1n) is 3.97. The average molecular weight is 202 g/mol. The van der Waals surface area contributed by atoms with Crippen molar-refractivity contribution in [3.63, 3.8) is 0 Å². The number of hydrogen-bond acceptors (Lipinski definition) is 5. The van der Waals surface area contributed by atoms with Crippen molar-refractivity contribution >= 4 is 17.5 Å². The molecule has 0 aliphatic heterocycles. The number of Topliss-reactive ketones (excluding diaryl/α,β-unsaturated/α-hetero) is 1. The van der Waals surface area contributed by atoms with Crippen LogP contribution in [0.15, 0.2) is 10.3 Å².